The van der Waals surface area contributed by atoms with E-state index in [9.17, 15) is 0 Å². The van der Waals surface area contributed by atoms with E-state index in [1.807, 2.05) is 17.9 Å². The zero-order valence-corrected chi connectivity index (χ0v) is 7.62. The second kappa shape index (κ2) is 2.90. The molecule has 2 rings (SSSR count). The van der Waals surface area contributed by atoms with Crippen LogP contribution in [0.4, 0.5) is 0 Å². The first-order valence-electron chi connectivity index (χ1n) is 4.49. The van der Waals surface area contributed by atoms with Crippen LogP contribution >= 0.6 is 0 Å². The van der Waals surface area contributed by atoms with Gasteiger partial charge in [-0.25, -0.2) is 0 Å². The van der Waals surface area contributed by atoms with E-state index >= 15 is 0 Å². The number of aryl methyl sites for hydroxylation is 1. The van der Waals surface area contributed by atoms with E-state index in [0.29, 0.717) is 6.04 Å². The van der Waals surface area contributed by atoms with Crippen molar-refractivity contribution in [3.63, 3.8) is 0 Å². The van der Waals surface area contributed by atoms with E-state index in [2.05, 4.69) is 23.5 Å². The van der Waals surface area contributed by atoms with E-state index in [1.54, 1.807) is 0 Å². The van der Waals surface area contributed by atoms with Gasteiger partial charge >= 0.3 is 0 Å². The molecule has 1 aromatic heterocycles. The largest absolute Gasteiger partial charge is 0.310 e. The Morgan fingerprint density at radius 3 is 3.00 bits per heavy atom. The summed E-state index contributed by atoms with van der Waals surface area (Å²) >= 11 is 0. The van der Waals surface area contributed by atoms with Crippen LogP contribution in [-0.4, -0.2) is 16.3 Å². The van der Waals surface area contributed by atoms with E-state index in [4.69, 9.17) is 0 Å². The van der Waals surface area contributed by atoms with Crippen molar-refractivity contribution >= 4 is 0 Å². The lowest BCUT2D eigenvalue weighted by atomic mass is 9.99. The van der Waals surface area contributed by atoms with Crippen LogP contribution in [-0.2, 0) is 7.05 Å². The topological polar surface area (TPSA) is 29.9 Å². The summed E-state index contributed by atoms with van der Waals surface area (Å²) in [6, 6.07) is 0.527. The molecule has 2 unspecified atom stereocenters. The van der Waals surface area contributed by atoms with E-state index < -0.39 is 0 Å². The molecule has 1 aromatic rings. The molecule has 1 fully saturated rings. The van der Waals surface area contributed by atoms with Gasteiger partial charge in [0.15, 0.2) is 0 Å². The summed E-state index contributed by atoms with van der Waals surface area (Å²) < 4.78 is 1.86. The van der Waals surface area contributed by atoms with Crippen LogP contribution in [0.1, 0.15) is 24.9 Å². The Bertz CT molecular complexity index is 266. The molecule has 0 radical (unpaired) electrons. The van der Waals surface area contributed by atoms with Gasteiger partial charge in [0.2, 0.25) is 0 Å². The second-order valence-corrected chi connectivity index (χ2v) is 3.65. The van der Waals surface area contributed by atoms with Crippen molar-refractivity contribution in [1.82, 2.24) is 15.1 Å². The summed E-state index contributed by atoms with van der Waals surface area (Å²) in [5.74, 6) is 0.745. The third-order valence-electron chi connectivity index (χ3n) is 2.62. The minimum atomic E-state index is 0.527. The molecule has 0 aromatic carbocycles. The van der Waals surface area contributed by atoms with Gasteiger partial charge in [-0.05, 0) is 18.9 Å². The molecule has 0 spiro atoms. The highest BCUT2D eigenvalue weighted by Gasteiger charge is 2.24. The Balaban J connectivity index is 2.19. The molecule has 1 N–H and O–H groups in total. The first-order valence-corrected chi connectivity index (χ1v) is 4.49. The van der Waals surface area contributed by atoms with Crippen LogP contribution in [0, 0.1) is 5.92 Å². The molecule has 1 aliphatic rings. The summed E-state index contributed by atoms with van der Waals surface area (Å²) in [6.07, 6.45) is 5.33. The summed E-state index contributed by atoms with van der Waals surface area (Å²) in [7, 11) is 1.96. The molecular formula is C9H15N3. The fourth-order valence-corrected chi connectivity index (χ4v) is 1.88. The summed E-state index contributed by atoms with van der Waals surface area (Å²) in [6.45, 7) is 3.43. The highest BCUT2D eigenvalue weighted by atomic mass is 15.2. The molecule has 3 nitrogen and oxygen atoms in total. The molecule has 0 bridgehead atoms. The average Bonchev–Trinajstić information content (AvgIpc) is 2.58. The summed E-state index contributed by atoms with van der Waals surface area (Å²) in [5, 5.41) is 7.65. The van der Waals surface area contributed by atoms with Gasteiger partial charge in [0, 0.05) is 24.8 Å². The molecule has 2 heterocycles. The van der Waals surface area contributed by atoms with Crippen LogP contribution in [0.2, 0.25) is 0 Å². The van der Waals surface area contributed by atoms with E-state index in [0.717, 1.165) is 12.5 Å². The Morgan fingerprint density at radius 1 is 1.67 bits per heavy atom. The van der Waals surface area contributed by atoms with Gasteiger partial charge in [0.05, 0.1) is 6.20 Å². The highest BCUT2D eigenvalue weighted by molar-refractivity contribution is 5.12. The van der Waals surface area contributed by atoms with Crippen molar-refractivity contribution < 1.29 is 0 Å². The van der Waals surface area contributed by atoms with Crippen molar-refractivity contribution in [3.8, 4) is 0 Å². The van der Waals surface area contributed by atoms with Gasteiger partial charge in [-0.15, -0.1) is 0 Å². The fraction of sp³-hybridized carbons (Fsp3) is 0.667. The smallest absolute Gasteiger partial charge is 0.0537 e. The molecule has 12 heavy (non-hydrogen) atoms. The maximum absolute atomic E-state index is 4.17. The van der Waals surface area contributed by atoms with Crippen molar-refractivity contribution in [1.29, 1.82) is 0 Å². The molecule has 0 amide bonds. The van der Waals surface area contributed by atoms with Crippen molar-refractivity contribution in [2.45, 2.75) is 19.4 Å². The number of nitrogens with zero attached hydrogens (tertiary/aromatic N) is 2. The Hall–Kier alpha value is -0.830. The first kappa shape index (κ1) is 7.80. The normalized spacial score (nSPS) is 29.5. The number of nitrogens with one attached hydrogen (secondary N) is 1. The Kier molecular flexibility index (Phi) is 1.89. The summed E-state index contributed by atoms with van der Waals surface area (Å²) in [4.78, 5) is 0. The number of aromatic nitrogens is 2. The molecule has 66 valence electrons. The van der Waals surface area contributed by atoms with E-state index in [1.165, 1.54) is 12.0 Å². The lowest BCUT2D eigenvalue weighted by Gasteiger charge is -2.12. The quantitative estimate of drug-likeness (QED) is 0.675. The predicted molar refractivity (Wildman–Crippen MR) is 47.7 cm³/mol. The lowest BCUT2D eigenvalue weighted by molar-refractivity contribution is 0.503. The fourth-order valence-electron chi connectivity index (χ4n) is 1.88. The number of hydrogen-bond donors (Lipinski definition) is 1. The molecule has 2 atom stereocenters. The van der Waals surface area contributed by atoms with Crippen LogP contribution in [0.15, 0.2) is 12.4 Å². The number of rotatable bonds is 1. The van der Waals surface area contributed by atoms with Gasteiger partial charge in [0.1, 0.15) is 0 Å². The van der Waals surface area contributed by atoms with Crippen molar-refractivity contribution in [3.05, 3.63) is 18.0 Å². The van der Waals surface area contributed by atoms with Crippen LogP contribution in [0.5, 0.6) is 0 Å². The Labute approximate surface area is 72.8 Å². The van der Waals surface area contributed by atoms with Gasteiger partial charge in [-0.1, -0.05) is 6.92 Å². The zero-order chi connectivity index (χ0) is 8.55. The maximum atomic E-state index is 4.17. The minimum absolute atomic E-state index is 0.527. The van der Waals surface area contributed by atoms with Gasteiger partial charge in [-0.3, -0.25) is 4.68 Å². The van der Waals surface area contributed by atoms with Crippen molar-refractivity contribution in [2.24, 2.45) is 13.0 Å². The van der Waals surface area contributed by atoms with Gasteiger partial charge in [-0.2, -0.15) is 5.10 Å². The van der Waals surface area contributed by atoms with Crippen LogP contribution in [0.25, 0.3) is 0 Å². The van der Waals surface area contributed by atoms with Crippen LogP contribution in [0.3, 0.4) is 0 Å². The van der Waals surface area contributed by atoms with Crippen molar-refractivity contribution in [2.75, 3.05) is 6.54 Å². The SMILES string of the molecule is CC1CCNC1c1cnn(C)c1. The average molecular weight is 165 g/mol. The molecule has 0 saturated carbocycles. The lowest BCUT2D eigenvalue weighted by Crippen LogP contribution is -2.15. The maximum Gasteiger partial charge on any atom is 0.0537 e. The highest BCUT2D eigenvalue weighted by Crippen LogP contribution is 2.28. The first-order chi connectivity index (χ1) is 5.77. The third kappa shape index (κ3) is 1.25. The molecular weight excluding hydrogens is 150 g/mol. The molecule has 1 aliphatic heterocycles. The van der Waals surface area contributed by atoms with E-state index in [-0.39, 0.29) is 0 Å². The second-order valence-electron chi connectivity index (χ2n) is 3.65. The zero-order valence-electron chi connectivity index (χ0n) is 7.62. The predicted octanol–water partition coefficient (Wildman–Crippen LogP) is 1.09. The third-order valence-corrected chi connectivity index (χ3v) is 2.62. The Morgan fingerprint density at radius 2 is 2.50 bits per heavy atom. The monoisotopic (exact) mass is 165 g/mol. The van der Waals surface area contributed by atoms with Crippen LogP contribution < -0.4 is 5.32 Å². The van der Waals surface area contributed by atoms with Gasteiger partial charge in [0.25, 0.3) is 0 Å². The van der Waals surface area contributed by atoms with Gasteiger partial charge < -0.3 is 5.32 Å². The molecule has 3 heteroatoms. The minimum Gasteiger partial charge on any atom is -0.310 e. The molecule has 0 aliphatic carbocycles. The standard InChI is InChI=1S/C9H15N3/c1-7-3-4-10-9(7)8-5-11-12(2)6-8/h5-7,9-10H,3-4H2,1-2H3. The molecule has 1 saturated heterocycles. The summed E-state index contributed by atoms with van der Waals surface area (Å²) in [5.41, 5.74) is 1.32. The number of hydrogen-bond acceptors (Lipinski definition) is 2.